The Morgan fingerprint density at radius 2 is 2.33 bits per heavy atom. The molecule has 1 fully saturated rings. The van der Waals surface area contributed by atoms with Crippen LogP contribution in [-0.4, -0.2) is 48.3 Å². The second kappa shape index (κ2) is 5.47. The molecule has 1 aliphatic rings. The number of aliphatic hydroxyl groups is 1. The zero-order valence-corrected chi connectivity index (χ0v) is 9.77. The molecule has 3 unspecified atom stereocenters. The average Bonchev–Trinajstić information content (AvgIpc) is 2.58. The summed E-state index contributed by atoms with van der Waals surface area (Å²) in [5, 5.41) is 9.55. The Kier molecular flexibility index (Phi) is 4.54. The van der Waals surface area contributed by atoms with Crippen molar-refractivity contribution in [3.8, 4) is 0 Å². The van der Waals surface area contributed by atoms with Gasteiger partial charge in [-0.1, -0.05) is 20.3 Å². The highest BCUT2D eigenvalue weighted by molar-refractivity contribution is 5.76. The van der Waals surface area contributed by atoms with E-state index in [0.717, 1.165) is 13.0 Å². The molecule has 0 radical (unpaired) electrons. The van der Waals surface area contributed by atoms with E-state index >= 15 is 0 Å². The van der Waals surface area contributed by atoms with Crippen LogP contribution < -0.4 is 0 Å². The average molecular weight is 215 g/mol. The molecular formula is C11H21NO3. The summed E-state index contributed by atoms with van der Waals surface area (Å²) in [5.41, 5.74) is 0. The second-order valence-corrected chi connectivity index (χ2v) is 4.40. The summed E-state index contributed by atoms with van der Waals surface area (Å²) in [5.74, 6) is 0.317. The first kappa shape index (κ1) is 12.5. The van der Waals surface area contributed by atoms with Crippen LogP contribution in [0.3, 0.4) is 0 Å². The quantitative estimate of drug-likeness (QED) is 0.699. The molecule has 1 N–H and O–H groups in total. The Morgan fingerprint density at radius 3 is 2.87 bits per heavy atom. The van der Waals surface area contributed by atoms with Crippen molar-refractivity contribution in [1.82, 2.24) is 4.90 Å². The Balaban J connectivity index is 2.56. The summed E-state index contributed by atoms with van der Waals surface area (Å²) < 4.78 is 4.74. The number of carbonyl (C=O) groups excluding carboxylic acids is 1. The third kappa shape index (κ3) is 3.18. The zero-order valence-electron chi connectivity index (χ0n) is 9.77. The van der Waals surface area contributed by atoms with Gasteiger partial charge in [-0.05, 0) is 5.92 Å². The lowest BCUT2D eigenvalue weighted by Gasteiger charge is -2.24. The number of hydrogen-bond donors (Lipinski definition) is 1. The lowest BCUT2D eigenvalue weighted by molar-refractivity contribution is -0.146. The van der Waals surface area contributed by atoms with Crippen LogP contribution in [0.15, 0.2) is 0 Å². The molecule has 0 aromatic heterocycles. The van der Waals surface area contributed by atoms with E-state index in [-0.39, 0.29) is 12.0 Å². The van der Waals surface area contributed by atoms with Gasteiger partial charge in [0.1, 0.15) is 6.04 Å². The number of β-amino-alcohol motifs (C(OH)–C–C–N with tert-alkyl or cyclic N) is 1. The molecule has 88 valence electrons. The van der Waals surface area contributed by atoms with Gasteiger partial charge in [0.25, 0.3) is 0 Å². The molecule has 4 heteroatoms. The molecule has 1 heterocycles. The predicted octanol–water partition coefficient (Wildman–Crippen LogP) is 0.641. The van der Waals surface area contributed by atoms with Crippen molar-refractivity contribution in [2.24, 2.45) is 5.92 Å². The molecule has 0 aromatic carbocycles. The number of hydrogen-bond acceptors (Lipinski definition) is 4. The molecular weight excluding hydrogens is 194 g/mol. The van der Waals surface area contributed by atoms with Gasteiger partial charge in [0.05, 0.1) is 13.2 Å². The van der Waals surface area contributed by atoms with Crippen LogP contribution >= 0.6 is 0 Å². The minimum atomic E-state index is -0.391. The van der Waals surface area contributed by atoms with Crippen molar-refractivity contribution < 1.29 is 14.6 Å². The molecule has 0 spiro atoms. The summed E-state index contributed by atoms with van der Waals surface area (Å²) >= 11 is 0. The number of ether oxygens (including phenoxy) is 1. The number of rotatable bonds is 4. The van der Waals surface area contributed by atoms with E-state index in [9.17, 15) is 9.90 Å². The van der Waals surface area contributed by atoms with Gasteiger partial charge in [-0.2, -0.15) is 0 Å². The third-order valence-electron chi connectivity index (χ3n) is 3.10. The van der Waals surface area contributed by atoms with Gasteiger partial charge >= 0.3 is 5.97 Å². The normalized spacial score (nSPS) is 29.1. The van der Waals surface area contributed by atoms with Crippen LogP contribution in [0.1, 0.15) is 26.7 Å². The van der Waals surface area contributed by atoms with Crippen molar-refractivity contribution in [3.63, 3.8) is 0 Å². The van der Waals surface area contributed by atoms with Crippen LogP contribution in [0, 0.1) is 5.92 Å². The van der Waals surface area contributed by atoms with Crippen molar-refractivity contribution in [2.75, 3.05) is 20.2 Å². The van der Waals surface area contributed by atoms with E-state index in [4.69, 9.17) is 4.74 Å². The lowest BCUT2D eigenvalue weighted by Crippen LogP contribution is -2.39. The van der Waals surface area contributed by atoms with Crippen molar-refractivity contribution in [2.45, 2.75) is 38.8 Å². The van der Waals surface area contributed by atoms with Crippen LogP contribution in [0.5, 0.6) is 0 Å². The second-order valence-electron chi connectivity index (χ2n) is 4.40. The topological polar surface area (TPSA) is 49.8 Å². The number of likely N-dealkylation sites (tertiary alicyclic amines) is 1. The van der Waals surface area contributed by atoms with Crippen LogP contribution in [0.4, 0.5) is 0 Å². The maximum Gasteiger partial charge on any atom is 0.323 e. The minimum absolute atomic E-state index is 0.227. The number of nitrogens with zero attached hydrogens (tertiary/aromatic N) is 1. The van der Waals surface area contributed by atoms with E-state index in [1.807, 2.05) is 4.90 Å². The summed E-state index contributed by atoms with van der Waals surface area (Å²) in [4.78, 5) is 13.5. The molecule has 4 nitrogen and oxygen atoms in total. The molecule has 3 atom stereocenters. The minimum Gasteiger partial charge on any atom is -0.468 e. The number of esters is 1. The monoisotopic (exact) mass is 215 g/mol. The fourth-order valence-corrected chi connectivity index (χ4v) is 1.99. The number of aliphatic hydroxyl groups excluding tert-OH is 1. The molecule has 0 saturated carbocycles. The summed E-state index contributed by atoms with van der Waals surface area (Å²) in [6, 6.07) is -0.251. The van der Waals surface area contributed by atoms with Gasteiger partial charge in [-0.3, -0.25) is 9.69 Å². The summed E-state index contributed by atoms with van der Waals surface area (Å²) in [6.45, 7) is 5.72. The first-order valence-electron chi connectivity index (χ1n) is 5.58. The zero-order chi connectivity index (χ0) is 11.4. The summed E-state index contributed by atoms with van der Waals surface area (Å²) in [6.07, 6.45) is 1.20. The van der Waals surface area contributed by atoms with E-state index in [0.29, 0.717) is 18.9 Å². The Labute approximate surface area is 91.2 Å². The first-order chi connectivity index (χ1) is 7.08. The molecule has 1 aliphatic heterocycles. The molecule has 0 bridgehead atoms. The predicted molar refractivity (Wildman–Crippen MR) is 57.5 cm³/mol. The van der Waals surface area contributed by atoms with Crippen molar-refractivity contribution in [3.05, 3.63) is 0 Å². The van der Waals surface area contributed by atoms with Gasteiger partial charge in [0.15, 0.2) is 0 Å². The lowest BCUT2D eigenvalue weighted by atomic mass is 10.1. The van der Waals surface area contributed by atoms with Crippen LogP contribution in [0.25, 0.3) is 0 Å². The number of methoxy groups -OCH3 is 1. The Bertz CT molecular complexity index is 220. The maximum atomic E-state index is 11.5. The largest absolute Gasteiger partial charge is 0.468 e. The third-order valence-corrected chi connectivity index (χ3v) is 3.10. The molecule has 0 aromatic rings. The van der Waals surface area contributed by atoms with Gasteiger partial charge < -0.3 is 9.84 Å². The van der Waals surface area contributed by atoms with Gasteiger partial charge in [0, 0.05) is 19.5 Å². The Hall–Kier alpha value is -0.610. The smallest absolute Gasteiger partial charge is 0.323 e. The standard InChI is InChI=1S/C11H21NO3/c1-4-8(2)6-12-7-9(13)5-10(12)11(14)15-3/h8-10,13H,4-7H2,1-3H3. The summed E-state index contributed by atoms with van der Waals surface area (Å²) in [7, 11) is 1.40. The fourth-order valence-electron chi connectivity index (χ4n) is 1.99. The fraction of sp³-hybridized carbons (Fsp3) is 0.909. The highest BCUT2D eigenvalue weighted by atomic mass is 16.5. The van der Waals surface area contributed by atoms with Crippen LogP contribution in [0.2, 0.25) is 0 Å². The Morgan fingerprint density at radius 1 is 1.67 bits per heavy atom. The van der Waals surface area contributed by atoms with Gasteiger partial charge in [-0.15, -0.1) is 0 Å². The van der Waals surface area contributed by atoms with E-state index in [2.05, 4.69) is 13.8 Å². The molecule has 15 heavy (non-hydrogen) atoms. The van der Waals surface area contributed by atoms with Crippen LogP contribution in [-0.2, 0) is 9.53 Å². The highest BCUT2D eigenvalue weighted by Crippen LogP contribution is 2.20. The molecule has 0 aliphatic carbocycles. The maximum absolute atomic E-state index is 11.5. The van der Waals surface area contributed by atoms with Crippen molar-refractivity contribution in [1.29, 1.82) is 0 Å². The van der Waals surface area contributed by atoms with Crippen molar-refractivity contribution >= 4 is 5.97 Å². The van der Waals surface area contributed by atoms with E-state index in [1.54, 1.807) is 0 Å². The number of carbonyl (C=O) groups is 1. The molecule has 1 rings (SSSR count). The molecule has 0 amide bonds. The highest BCUT2D eigenvalue weighted by Gasteiger charge is 2.36. The van der Waals surface area contributed by atoms with E-state index < -0.39 is 6.10 Å². The SMILES string of the molecule is CCC(C)CN1CC(O)CC1C(=O)OC. The molecule has 1 saturated heterocycles. The van der Waals surface area contributed by atoms with E-state index in [1.165, 1.54) is 7.11 Å². The first-order valence-corrected chi connectivity index (χ1v) is 5.58. The van der Waals surface area contributed by atoms with Gasteiger partial charge in [0.2, 0.25) is 0 Å². The van der Waals surface area contributed by atoms with Gasteiger partial charge in [-0.25, -0.2) is 0 Å².